The summed E-state index contributed by atoms with van der Waals surface area (Å²) < 4.78 is 1.25. The highest BCUT2D eigenvalue weighted by Gasteiger charge is 2.25. The third-order valence-corrected chi connectivity index (χ3v) is 3.48. The SMILES string of the molecule is Cn1[nH]c(C(=O)N2CCC(CC(=O)O)CC2)cc1=O. The molecule has 2 rings (SSSR count). The van der Waals surface area contributed by atoms with Crippen molar-refractivity contribution in [3.63, 3.8) is 0 Å². The minimum atomic E-state index is -0.794. The molecule has 1 amide bonds. The Labute approximate surface area is 109 Å². The smallest absolute Gasteiger partial charge is 0.303 e. The van der Waals surface area contributed by atoms with Crippen molar-refractivity contribution in [3.05, 3.63) is 22.1 Å². The summed E-state index contributed by atoms with van der Waals surface area (Å²) in [6.45, 7) is 1.07. The molecule has 0 atom stereocenters. The van der Waals surface area contributed by atoms with Crippen LogP contribution in [0, 0.1) is 5.92 Å². The lowest BCUT2D eigenvalue weighted by Crippen LogP contribution is -2.39. The maximum atomic E-state index is 12.1. The Bertz CT molecular complexity index is 537. The largest absolute Gasteiger partial charge is 0.481 e. The molecular weight excluding hydrogens is 250 g/mol. The summed E-state index contributed by atoms with van der Waals surface area (Å²) in [7, 11) is 1.55. The normalized spacial score (nSPS) is 16.6. The molecule has 0 aliphatic carbocycles. The van der Waals surface area contributed by atoms with Crippen LogP contribution >= 0.6 is 0 Å². The molecule has 1 aliphatic heterocycles. The number of carbonyl (C=O) groups is 2. The summed E-state index contributed by atoms with van der Waals surface area (Å²) >= 11 is 0. The fourth-order valence-electron chi connectivity index (χ4n) is 2.36. The van der Waals surface area contributed by atoms with Crippen molar-refractivity contribution in [2.75, 3.05) is 13.1 Å². The van der Waals surface area contributed by atoms with Crippen LogP contribution in [-0.4, -0.2) is 44.8 Å². The van der Waals surface area contributed by atoms with Crippen LogP contribution in [0.3, 0.4) is 0 Å². The van der Waals surface area contributed by atoms with E-state index in [0.29, 0.717) is 25.9 Å². The number of nitrogens with zero attached hydrogens (tertiary/aromatic N) is 2. The van der Waals surface area contributed by atoms with Gasteiger partial charge >= 0.3 is 5.97 Å². The monoisotopic (exact) mass is 267 g/mol. The third kappa shape index (κ3) is 3.04. The van der Waals surface area contributed by atoms with Gasteiger partial charge in [-0.25, -0.2) is 0 Å². The van der Waals surface area contributed by atoms with Crippen LogP contribution in [0.15, 0.2) is 10.9 Å². The van der Waals surface area contributed by atoms with Gasteiger partial charge in [-0.3, -0.25) is 24.2 Å². The molecule has 1 fully saturated rings. The number of aliphatic carboxylic acids is 1. The van der Waals surface area contributed by atoms with E-state index >= 15 is 0 Å². The lowest BCUT2D eigenvalue weighted by molar-refractivity contribution is -0.138. The summed E-state index contributed by atoms with van der Waals surface area (Å²) in [4.78, 5) is 35.7. The number of aryl methyl sites for hydroxylation is 1. The van der Waals surface area contributed by atoms with Gasteiger partial charge in [-0.05, 0) is 18.8 Å². The van der Waals surface area contributed by atoms with E-state index < -0.39 is 5.97 Å². The van der Waals surface area contributed by atoms with E-state index in [4.69, 9.17) is 5.11 Å². The first kappa shape index (κ1) is 13.4. The molecule has 0 saturated carbocycles. The van der Waals surface area contributed by atoms with E-state index in [1.807, 2.05) is 0 Å². The molecule has 0 radical (unpaired) electrons. The van der Waals surface area contributed by atoms with Gasteiger partial charge < -0.3 is 10.0 Å². The average molecular weight is 267 g/mol. The standard InChI is InChI=1S/C12H17N3O4/c1-14-10(16)7-9(13-14)12(19)15-4-2-8(3-5-15)6-11(17)18/h7-8,13H,2-6H2,1H3,(H,17,18). The van der Waals surface area contributed by atoms with Gasteiger partial charge in [-0.2, -0.15) is 0 Å². The second kappa shape index (κ2) is 5.29. The predicted molar refractivity (Wildman–Crippen MR) is 66.9 cm³/mol. The molecule has 19 heavy (non-hydrogen) atoms. The lowest BCUT2D eigenvalue weighted by atomic mass is 9.93. The summed E-state index contributed by atoms with van der Waals surface area (Å²) in [6, 6.07) is 1.28. The van der Waals surface area contributed by atoms with Gasteiger partial charge in [0.05, 0.1) is 0 Å². The Hall–Kier alpha value is -2.05. The molecule has 1 aromatic heterocycles. The molecule has 1 saturated heterocycles. The maximum absolute atomic E-state index is 12.1. The van der Waals surface area contributed by atoms with Crippen molar-refractivity contribution >= 4 is 11.9 Å². The van der Waals surface area contributed by atoms with Crippen molar-refractivity contribution < 1.29 is 14.7 Å². The number of rotatable bonds is 3. The Kier molecular flexibility index (Phi) is 3.73. The van der Waals surface area contributed by atoms with E-state index in [1.54, 1.807) is 11.9 Å². The third-order valence-electron chi connectivity index (χ3n) is 3.48. The number of piperidine rings is 1. The molecule has 0 bridgehead atoms. The summed E-state index contributed by atoms with van der Waals surface area (Å²) in [6.07, 6.45) is 1.54. The minimum Gasteiger partial charge on any atom is -0.481 e. The molecule has 2 N–H and O–H groups in total. The summed E-state index contributed by atoms with van der Waals surface area (Å²) in [5.41, 5.74) is 0.0355. The van der Waals surface area contributed by atoms with Gasteiger partial charge in [-0.1, -0.05) is 0 Å². The first-order valence-corrected chi connectivity index (χ1v) is 6.24. The van der Waals surface area contributed by atoms with E-state index in [1.165, 1.54) is 10.7 Å². The van der Waals surface area contributed by atoms with Crippen LogP contribution in [0.25, 0.3) is 0 Å². The van der Waals surface area contributed by atoms with Crippen molar-refractivity contribution in [3.8, 4) is 0 Å². The zero-order chi connectivity index (χ0) is 14.0. The van der Waals surface area contributed by atoms with Crippen LogP contribution in [-0.2, 0) is 11.8 Å². The van der Waals surface area contributed by atoms with E-state index in [0.717, 1.165) is 0 Å². The topological polar surface area (TPSA) is 95.4 Å². The number of carboxylic acids is 1. The number of carbonyl (C=O) groups excluding carboxylic acids is 1. The van der Waals surface area contributed by atoms with Gasteiger partial charge in [0.2, 0.25) is 0 Å². The number of amides is 1. The number of hydrogen-bond donors (Lipinski definition) is 2. The van der Waals surface area contributed by atoms with Crippen LogP contribution in [0.2, 0.25) is 0 Å². The van der Waals surface area contributed by atoms with E-state index in [-0.39, 0.29) is 29.5 Å². The number of aromatic amines is 1. The van der Waals surface area contributed by atoms with Gasteiger partial charge in [-0.15, -0.1) is 0 Å². The molecule has 7 heteroatoms. The molecule has 2 heterocycles. The highest BCUT2D eigenvalue weighted by atomic mass is 16.4. The number of likely N-dealkylation sites (tertiary alicyclic amines) is 1. The summed E-state index contributed by atoms with van der Waals surface area (Å²) in [5.74, 6) is -0.861. The fraction of sp³-hybridized carbons (Fsp3) is 0.583. The van der Waals surface area contributed by atoms with Crippen LogP contribution < -0.4 is 5.56 Å². The fourth-order valence-corrected chi connectivity index (χ4v) is 2.36. The predicted octanol–water partition coefficient (Wildman–Crippen LogP) is 0.0403. The molecule has 104 valence electrons. The number of hydrogen-bond acceptors (Lipinski definition) is 3. The first-order valence-electron chi connectivity index (χ1n) is 6.24. The summed E-state index contributed by atoms with van der Waals surface area (Å²) in [5, 5.41) is 11.4. The van der Waals surface area contributed by atoms with Crippen molar-refractivity contribution in [1.82, 2.24) is 14.7 Å². The first-order chi connectivity index (χ1) is 8.97. The Balaban J connectivity index is 1.96. The van der Waals surface area contributed by atoms with Crippen molar-refractivity contribution in [2.45, 2.75) is 19.3 Å². The molecule has 1 aromatic rings. The number of nitrogens with one attached hydrogen (secondary N) is 1. The van der Waals surface area contributed by atoms with Gasteiger partial charge in [0.1, 0.15) is 5.69 Å². The quantitative estimate of drug-likeness (QED) is 0.808. The molecule has 0 aromatic carbocycles. The van der Waals surface area contributed by atoms with Gasteiger partial charge in [0.15, 0.2) is 0 Å². The lowest BCUT2D eigenvalue weighted by Gasteiger charge is -2.30. The molecule has 7 nitrogen and oxygen atoms in total. The Morgan fingerprint density at radius 1 is 1.42 bits per heavy atom. The second-order valence-electron chi connectivity index (χ2n) is 4.90. The number of carboxylic acid groups (broad SMARTS) is 1. The van der Waals surface area contributed by atoms with E-state index in [2.05, 4.69) is 5.10 Å². The Morgan fingerprint density at radius 2 is 2.05 bits per heavy atom. The van der Waals surface area contributed by atoms with Crippen LogP contribution in [0.4, 0.5) is 0 Å². The number of H-pyrrole nitrogens is 1. The molecule has 0 unspecified atom stereocenters. The van der Waals surface area contributed by atoms with Crippen molar-refractivity contribution in [2.24, 2.45) is 13.0 Å². The molecule has 1 aliphatic rings. The Morgan fingerprint density at radius 3 is 2.53 bits per heavy atom. The highest BCUT2D eigenvalue weighted by molar-refractivity contribution is 5.92. The minimum absolute atomic E-state index is 0.136. The zero-order valence-corrected chi connectivity index (χ0v) is 10.8. The molecule has 0 spiro atoms. The molecular formula is C12H17N3O4. The van der Waals surface area contributed by atoms with Crippen LogP contribution in [0.5, 0.6) is 0 Å². The van der Waals surface area contributed by atoms with E-state index in [9.17, 15) is 14.4 Å². The van der Waals surface area contributed by atoms with Gasteiger partial charge in [0.25, 0.3) is 11.5 Å². The average Bonchev–Trinajstić information content (AvgIpc) is 2.69. The van der Waals surface area contributed by atoms with Crippen molar-refractivity contribution in [1.29, 1.82) is 0 Å². The second-order valence-corrected chi connectivity index (χ2v) is 4.90. The van der Waals surface area contributed by atoms with Crippen LogP contribution in [0.1, 0.15) is 29.8 Å². The maximum Gasteiger partial charge on any atom is 0.303 e. The number of aromatic nitrogens is 2. The van der Waals surface area contributed by atoms with Gasteiger partial charge in [0, 0.05) is 32.6 Å². The highest BCUT2D eigenvalue weighted by Crippen LogP contribution is 2.21. The zero-order valence-electron chi connectivity index (χ0n) is 10.8.